The minimum atomic E-state index is -0.610. The lowest BCUT2D eigenvalue weighted by molar-refractivity contribution is 0.0947. The van der Waals surface area contributed by atoms with E-state index in [1.807, 2.05) is 23.5 Å². The Bertz CT molecular complexity index is 131. The fraction of sp³-hybridized carbons (Fsp3) is 1.00. The van der Waals surface area contributed by atoms with E-state index < -0.39 is 6.10 Å². The van der Waals surface area contributed by atoms with Gasteiger partial charge in [0.15, 0.2) is 0 Å². The Kier molecular flexibility index (Phi) is 6.23. The van der Waals surface area contributed by atoms with Gasteiger partial charge in [-0.15, -0.1) is 0 Å². The molecule has 0 amide bonds. The molecule has 0 bridgehead atoms. The van der Waals surface area contributed by atoms with Gasteiger partial charge in [0.1, 0.15) is 0 Å². The van der Waals surface area contributed by atoms with Crippen LogP contribution in [0.2, 0.25) is 0 Å². The van der Waals surface area contributed by atoms with E-state index in [0.29, 0.717) is 11.8 Å². The molecule has 0 radical (unpaired) electrons. The van der Waals surface area contributed by atoms with E-state index in [0.717, 1.165) is 6.54 Å². The normalized spacial score (nSPS) is 25.8. The number of aliphatic hydroxyl groups excluding tert-OH is 2. The molecule has 3 nitrogen and oxygen atoms in total. The van der Waals surface area contributed by atoms with Crippen molar-refractivity contribution >= 4 is 23.5 Å². The summed E-state index contributed by atoms with van der Waals surface area (Å²) in [6.45, 7) is 1.28. The number of hydrogen-bond acceptors (Lipinski definition) is 5. The van der Waals surface area contributed by atoms with Crippen molar-refractivity contribution in [1.29, 1.82) is 0 Å². The Hall–Kier alpha value is 0.580. The SMILES string of the molecule is OC[C@@H](O)CNCC1CSCCS1. The van der Waals surface area contributed by atoms with Gasteiger partial charge in [-0.25, -0.2) is 0 Å². The molecule has 3 N–H and O–H groups in total. The molecule has 0 aromatic carbocycles. The highest BCUT2D eigenvalue weighted by Gasteiger charge is 2.13. The molecule has 1 fully saturated rings. The van der Waals surface area contributed by atoms with Crippen LogP contribution in [0.1, 0.15) is 0 Å². The van der Waals surface area contributed by atoms with Gasteiger partial charge in [-0.3, -0.25) is 0 Å². The van der Waals surface area contributed by atoms with Gasteiger partial charge in [0.2, 0.25) is 0 Å². The zero-order valence-electron chi connectivity index (χ0n) is 7.61. The fourth-order valence-electron chi connectivity index (χ4n) is 1.13. The molecule has 0 aromatic heterocycles. The monoisotopic (exact) mass is 223 g/mol. The van der Waals surface area contributed by atoms with Crippen molar-refractivity contribution in [3.05, 3.63) is 0 Å². The van der Waals surface area contributed by atoms with Crippen LogP contribution in [0, 0.1) is 0 Å². The van der Waals surface area contributed by atoms with Crippen LogP contribution < -0.4 is 5.32 Å². The molecule has 1 aliphatic rings. The second-order valence-electron chi connectivity index (χ2n) is 3.06. The molecule has 1 rings (SSSR count). The minimum Gasteiger partial charge on any atom is -0.394 e. The second-order valence-corrected chi connectivity index (χ2v) is 5.62. The molecule has 1 unspecified atom stereocenters. The maximum Gasteiger partial charge on any atom is 0.0894 e. The van der Waals surface area contributed by atoms with Crippen LogP contribution in [0.3, 0.4) is 0 Å². The van der Waals surface area contributed by atoms with Crippen molar-refractivity contribution in [2.24, 2.45) is 0 Å². The summed E-state index contributed by atoms with van der Waals surface area (Å²) < 4.78 is 0. The fourth-order valence-corrected chi connectivity index (χ4v) is 3.78. The van der Waals surface area contributed by atoms with Crippen LogP contribution in [0.5, 0.6) is 0 Å². The summed E-state index contributed by atoms with van der Waals surface area (Å²) in [5.41, 5.74) is 0. The molecule has 0 saturated carbocycles. The third kappa shape index (κ3) is 5.12. The first-order chi connectivity index (χ1) is 6.33. The maximum absolute atomic E-state index is 9.06. The van der Waals surface area contributed by atoms with Crippen LogP contribution in [0.15, 0.2) is 0 Å². The standard InChI is InChI=1S/C8H17NO2S2/c10-5-7(11)3-9-4-8-6-12-1-2-13-8/h7-11H,1-6H2/t7-,8?/m0/s1. The van der Waals surface area contributed by atoms with E-state index in [1.54, 1.807) is 0 Å². The number of aliphatic hydroxyl groups is 2. The van der Waals surface area contributed by atoms with E-state index >= 15 is 0 Å². The van der Waals surface area contributed by atoms with Crippen LogP contribution in [-0.2, 0) is 0 Å². The first-order valence-electron chi connectivity index (χ1n) is 4.52. The topological polar surface area (TPSA) is 52.5 Å². The third-order valence-corrected chi connectivity index (χ3v) is 4.69. The maximum atomic E-state index is 9.06. The molecular formula is C8H17NO2S2. The molecular weight excluding hydrogens is 206 g/mol. The highest BCUT2D eigenvalue weighted by molar-refractivity contribution is 8.06. The molecule has 1 aliphatic heterocycles. The first kappa shape index (κ1) is 11.7. The summed E-state index contributed by atoms with van der Waals surface area (Å²) in [5, 5.41) is 21.5. The minimum absolute atomic E-state index is 0.153. The smallest absolute Gasteiger partial charge is 0.0894 e. The lowest BCUT2D eigenvalue weighted by Crippen LogP contribution is -2.35. The van der Waals surface area contributed by atoms with Gasteiger partial charge >= 0.3 is 0 Å². The van der Waals surface area contributed by atoms with Crippen LogP contribution >= 0.6 is 23.5 Å². The Morgan fingerprint density at radius 1 is 1.46 bits per heavy atom. The molecule has 1 saturated heterocycles. The molecule has 0 spiro atoms. The van der Waals surface area contributed by atoms with Crippen molar-refractivity contribution in [1.82, 2.24) is 5.32 Å². The lowest BCUT2D eigenvalue weighted by Gasteiger charge is -2.21. The highest BCUT2D eigenvalue weighted by Crippen LogP contribution is 2.23. The quantitative estimate of drug-likeness (QED) is 0.601. The molecule has 78 valence electrons. The van der Waals surface area contributed by atoms with E-state index in [4.69, 9.17) is 10.2 Å². The molecule has 0 aliphatic carbocycles. The predicted molar refractivity (Wildman–Crippen MR) is 59.5 cm³/mol. The summed E-state index contributed by atoms with van der Waals surface area (Å²) in [5.74, 6) is 3.70. The highest BCUT2D eigenvalue weighted by atomic mass is 32.2. The Morgan fingerprint density at radius 3 is 2.92 bits per heavy atom. The van der Waals surface area contributed by atoms with Gasteiger partial charge in [-0.1, -0.05) is 0 Å². The Morgan fingerprint density at radius 2 is 2.31 bits per heavy atom. The average Bonchev–Trinajstić information content (AvgIpc) is 2.19. The summed E-state index contributed by atoms with van der Waals surface area (Å²) in [4.78, 5) is 0. The van der Waals surface area contributed by atoms with E-state index in [-0.39, 0.29) is 6.61 Å². The second kappa shape index (κ2) is 6.95. The zero-order valence-corrected chi connectivity index (χ0v) is 9.24. The van der Waals surface area contributed by atoms with Gasteiger partial charge in [-0.05, 0) is 0 Å². The Labute approximate surface area is 87.7 Å². The van der Waals surface area contributed by atoms with Crippen LogP contribution in [0.25, 0.3) is 0 Å². The van der Waals surface area contributed by atoms with Crippen LogP contribution in [-0.4, -0.2) is 58.5 Å². The molecule has 1 heterocycles. The lowest BCUT2D eigenvalue weighted by atomic mass is 10.3. The third-order valence-electron chi connectivity index (χ3n) is 1.85. The Balaban J connectivity index is 1.98. The van der Waals surface area contributed by atoms with Crippen molar-refractivity contribution in [3.8, 4) is 0 Å². The first-order valence-corrected chi connectivity index (χ1v) is 6.72. The molecule has 13 heavy (non-hydrogen) atoms. The summed E-state index contributed by atoms with van der Waals surface area (Å²) in [6, 6.07) is 0. The summed E-state index contributed by atoms with van der Waals surface area (Å²) in [6.07, 6.45) is -0.610. The van der Waals surface area contributed by atoms with E-state index in [1.165, 1.54) is 17.3 Å². The zero-order chi connectivity index (χ0) is 9.52. The number of rotatable bonds is 5. The van der Waals surface area contributed by atoms with Crippen LogP contribution in [0.4, 0.5) is 0 Å². The largest absolute Gasteiger partial charge is 0.394 e. The van der Waals surface area contributed by atoms with Gasteiger partial charge in [0.05, 0.1) is 12.7 Å². The number of nitrogens with one attached hydrogen (secondary N) is 1. The van der Waals surface area contributed by atoms with Crippen molar-refractivity contribution in [2.45, 2.75) is 11.4 Å². The van der Waals surface area contributed by atoms with Crippen molar-refractivity contribution in [3.63, 3.8) is 0 Å². The van der Waals surface area contributed by atoms with Gasteiger partial charge in [-0.2, -0.15) is 23.5 Å². The van der Waals surface area contributed by atoms with Gasteiger partial charge in [0.25, 0.3) is 0 Å². The molecule has 0 aromatic rings. The summed E-state index contributed by atoms with van der Waals surface area (Å²) in [7, 11) is 0. The summed E-state index contributed by atoms with van der Waals surface area (Å²) >= 11 is 3.99. The average molecular weight is 223 g/mol. The van der Waals surface area contributed by atoms with Crippen molar-refractivity contribution in [2.75, 3.05) is 37.0 Å². The number of thioether (sulfide) groups is 2. The van der Waals surface area contributed by atoms with Crippen molar-refractivity contribution < 1.29 is 10.2 Å². The van der Waals surface area contributed by atoms with Gasteiger partial charge < -0.3 is 15.5 Å². The molecule has 5 heteroatoms. The van der Waals surface area contributed by atoms with E-state index in [2.05, 4.69) is 5.32 Å². The van der Waals surface area contributed by atoms with E-state index in [9.17, 15) is 0 Å². The predicted octanol–water partition coefficient (Wildman–Crippen LogP) is -0.222. The molecule has 2 atom stereocenters. The number of hydrogen-bond donors (Lipinski definition) is 3. The van der Waals surface area contributed by atoms with Gasteiger partial charge in [0, 0.05) is 35.6 Å².